The van der Waals surface area contributed by atoms with Crippen molar-refractivity contribution in [2.24, 2.45) is 35.5 Å². The first kappa shape index (κ1) is 76.5. The molecule has 13 fully saturated rings. The fourth-order valence-electron chi connectivity index (χ4n) is 19.1. The van der Waals surface area contributed by atoms with Gasteiger partial charge in [-0.2, -0.15) is 0 Å². The van der Waals surface area contributed by atoms with Gasteiger partial charge in [-0.3, -0.25) is 14.4 Å². The molecule has 30 atom stereocenters. The Balaban J connectivity index is 0.675. The Morgan fingerprint density at radius 3 is 2.10 bits per heavy atom. The van der Waals surface area contributed by atoms with Crippen molar-refractivity contribution in [3.05, 3.63) is 96.1 Å². The zero-order valence-electron chi connectivity index (χ0n) is 64.0. The van der Waals surface area contributed by atoms with Crippen LogP contribution in [0.2, 0.25) is 18.1 Å². The molecule has 2 aromatic rings. The Bertz CT molecular complexity index is 3410. The number of hydrogen-bond donors (Lipinski definition) is 0. The molecule has 0 aliphatic carbocycles. The van der Waals surface area contributed by atoms with E-state index in [0.717, 1.165) is 60.1 Å². The number of carbonyl (C=O) groups excluding carboxylic acids is 3. The Morgan fingerprint density at radius 2 is 1.37 bits per heavy atom. The lowest BCUT2D eigenvalue weighted by atomic mass is 9.77. The van der Waals surface area contributed by atoms with Gasteiger partial charge >= 0.3 is 5.97 Å². The summed E-state index contributed by atoms with van der Waals surface area (Å²) in [7, 11) is 1.12. The van der Waals surface area contributed by atoms with Crippen molar-refractivity contribution >= 4 is 25.9 Å². The van der Waals surface area contributed by atoms with Crippen molar-refractivity contribution in [1.82, 2.24) is 0 Å². The zero-order chi connectivity index (χ0) is 73.5. The van der Waals surface area contributed by atoms with Gasteiger partial charge in [0.15, 0.2) is 26.5 Å². The van der Waals surface area contributed by atoms with Gasteiger partial charge in [-0.1, -0.05) is 113 Å². The van der Waals surface area contributed by atoms with Gasteiger partial charge in [0.05, 0.1) is 113 Å². The molecule has 0 amide bonds. The number of allylic oxidation sites excluding steroid dienone is 1. The third-order valence-electron chi connectivity index (χ3n) is 26.1. The highest BCUT2D eigenvalue weighted by Crippen LogP contribution is 2.64. The molecule has 574 valence electrons. The molecule has 0 saturated carbocycles. The highest BCUT2D eigenvalue weighted by atomic mass is 28.4. The van der Waals surface area contributed by atoms with Crippen molar-refractivity contribution in [3.63, 3.8) is 0 Å². The SMILES string of the molecule is C=C1CC2CC[C@@]34OC5[C@H]6O[C@H](CC[C@@H]6O[C@H]6C(O3)[C@]3(O[C@@H](c7ccc(OC)cc7)O[C@@H]43)O[C@@H]56)CC(=O)O[C@@H]3[C@@H](C)[C@@H]4O[C@H](CC(=O)/C=C/[C@@H](OCc5ccc(OC)cc5)[C@@H](C)CC(=O)C[C@H](C)[C@@H]5O[C@H](CC)[C@H](C)C[C@@H]5O[Si](C)(C)C(C)(C)C)[C@H](C)C[C@@H]4O[C@H]3CC3O[C@@H](CCC1O2)C[C@@H](C)C3=C. The largest absolute Gasteiger partial charge is 0.497 e. The van der Waals surface area contributed by atoms with E-state index < -0.39 is 105 Å². The molecule has 104 heavy (non-hydrogen) atoms. The van der Waals surface area contributed by atoms with E-state index in [9.17, 15) is 14.4 Å². The number of rotatable bonds is 19. The van der Waals surface area contributed by atoms with Gasteiger partial charge in [-0.25, -0.2) is 0 Å². The lowest BCUT2D eigenvalue weighted by molar-refractivity contribution is -0.329. The number of esters is 1. The minimum absolute atomic E-state index is 0.0241. The number of ether oxygens (including phenoxy) is 16. The Labute approximate surface area is 617 Å². The fourth-order valence-corrected chi connectivity index (χ4v) is 20.4. The number of benzene rings is 2. The molecule has 13 heterocycles. The van der Waals surface area contributed by atoms with Crippen LogP contribution in [0.1, 0.15) is 189 Å². The van der Waals surface area contributed by atoms with Crippen LogP contribution in [0.25, 0.3) is 0 Å². The lowest BCUT2D eigenvalue weighted by Gasteiger charge is -2.51. The molecule has 0 radical (unpaired) electrons. The average Bonchev–Trinajstić information content (AvgIpc) is 1.49. The van der Waals surface area contributed by atoms with E-state index in [1.165, 1.54) is 0 Å². The second-order valence-corrected chi connectivity index (χ2v) is 39.4. The molecule has 13 aliphatic rings. The van der Waals surface area contributed by atoms with Crippen LogP contribution in [0.15, 0.2) is 85.0 Å². The molecule has 15 rings (SSSR count). The smallest absolute Gasteiger partial charge is 0.308 e. The zero-order valence-corrected chi connectivity index (χ0v) is 65.0. The summed E-state index contributed by atoms with van der Waals surface area (Å²) in [5, 5.41) is 0.0241. The molecule has 21 heteroatoms. The average molecular weight is 1460 g/mol. The molecule has 20 nitrogen and oxygen atoms in total. The van der Waals surface area contributed by atoms with Gasteiger partial charge in [0, 0.05) is 43.6 Å². The molecule has 13 aliphatic heterocycles. The highest BCUT2D eigenvalue weighted by Gasteiger charge is 2.83. The summed E-state index contributed by atoms with van der Waals surface area (Å²) in [5.74, 6) is -1.90. The quantitative estimate of drug-likeness (QED) is 0.0554. The second-order valence-electron chi connectivity index (χ2n) is 34.6. The van der Waals surface area contributed by atoms with Gasteiger partial charge in [0.2, 0.25) is 11.6 Å². The van der Waals surface area contributed by atoms with Crippen molar-refractivity contribution in [1.29, 1.82) is 0 Å². The predicted octanol–water partition coefficient (Wildman–Crippen LogP) is 13.9. The third kappa shape index (κ3) is 15.4. The summed E-state index contributed by atoms with van der Waals surface area (Å²) in [6.07, 6.45) is 2.33. The minimum atomic E-state index is -2.16. The van der Waals surface area contributed by atoms with E-state index in [1.807, 2.05) is 61.5 Å². The van der Waals surface area contributed by atoms with E-state index in [0.29, 0.717) is 63.0 Å². The Kier molecular flexibility index (Phi) is 22.7. The van der Waals surface area contributed by atoms with Gasteiger partial charge in [-0.05, 0) is 159 Å². The van der Waals surface area contributed by atoms with Crippen molar-refractivity contribution in [2.75, 3.05) is 14.2 Å². The second kappa shape index (κ2) is 30.9. The number of Topliss-reactive ketones (excluding diaryl/α,β-unsaturated/α-hetero) is 1. The van der Waals surface area contributed by atoms with Gasteiger partial charge in [-0.15, -0.1) is 0 Å². The molecule has 0 N–H and O–H groups in total. The van der Waals surface area contributed by atoms with Crippen LogP contribution < -0.4 is 9.47 Å². The van der Waals surface area contributed by atoms with Crippen LogP contribution in [0.4, 0.5) is 0 Å². The summed E-state index contributed by atoms with van der Waals surface area (Å²) in [5.41, 5.74) is 3.79. The number of fused-ring (bicyclic) bond motifs is 7. The summed E-state index contributed by atoms with van der Waals surface area (Å²) in [4.78, 5) is 43.8. The maximum absolute atomic E-state index is 14.9. The van der Waals surface area contributed by atoms with Crippen LogP contribution in [-0.2, 0) is 91.7 Å². The fraction of sp³-hybridized carbons (Fsp3) is 0.747. The summed E-state index contributed by atoms with van der Waals surface area (Å²) >= 11 is 0. The molecule has 5 unspecified atom stereocenters. The molecule has 0 aromatic heterocycles. The molecule has 2 spiro atoms. The van der Waals surface area contributed by atoms with E-state index in [-0.39, 0.29) is 127 Å². The topological polar surface area (TPSA) is 208 Å². The first-order valence-corrected chi connectivity index (χ1v) is 42.3. The highest BCUT2D eigenvalue weighted by molar-refractivity contribution is 6.74. The number of methoxy groups -OCH3 is 2. The van der Waals surface area contributed by atoms with Crippen molar-refractivity contribution in [3.8, 4) is 11.5 Å². The number of hydrogen-bond acceptors (Lipinski definition) is 20. The Hall–Kier alpha value is -4.27. The normalized spacial score (nSPS) is 42.3. The Morgan fingerprint density at radius 1 is 0.673 bits per heavy atom. The van der Waals surface area contributed by atoms with Crippen LogP contribution >= 0.6 is 0 Å². The van der Waals surface area contributed by atoms with E-state index >= 15 is 0 Å². The summed E-state index contributed by atoms with van der Waals surface area (Å²) < 4.78 is 116. The van der Waals surface area contributed by atoms with E-state index in [1.54, 1.807) is 20.3 Å². The molecule has 13 saturated heterocycles. The third-order valence-corrected chi connectivity index (χ3v) is 30.7. The standard InChI is InChI=1S/C83H118O20Si/c1-17-61-47(5)39-69(103-104(15,16)81(10,11)12)71(94-61)49(7)35-55(85)34-45(3)62(89-43-52-18-23-56(87-13)24-19-52)29-22-54(84)40-65-48(6)38-67-72(96-65)51(9)73-68(93-67)42-66-50(8)44(2)36-58(91-66)27-30-63-46(4)37-60(90-63)32-33-82-80-83(102-79(98-80)53-20-25-57(88-14)26-21-53)78(101-82)77-76(100-83)75(99-82)74-64(95-77)31-28-59(92-74)41-70(86)97-73/h18-26,29,44-45,47-49,51,58-69,71-80H,4,8,17,27-28,30-43H2,1-3,5-7,9-16H3/b29-22+/t44-,45+,47-,48-,49+,51+,58+,59-,60?,61-,62-,63?,64+,65-,66?,67+,68+,69+,71+,72+,73-,74+,75?,76+,77-,78?,79+,80+,82-,83-/m1/s1. The molecule has 2 aromatic carbocycles. The number of ketones is 2. The minimum Gasteiger partial charge on any atom is -0.497 e. The summed E-state index contributed by atoms with van der Waals surface area (Å²) in [6.45, 7) is 35.8. The van der Waals surface area contributed by atoms with Crippen LogP contribution in [0, 0.1) is 35.5 Å². The summed E-state index contributed by atoms with van der Waals surface area (Å²) in [6, 6.07) is 15.4. The van der Waals surface area contributed by atoms with E-state index in [4.69, 9.17) is 80.2 Å². The first-order valence-electron chi connectivity index (χ1n) is 39.4. The van der Waals surface area contributed by atoms with Crippen LogP contribution in [0.5, 0.6) is 11.5 Å². The van der Waals surface area contributed by atoms with Crippen LogP contribution in [-0.4, -0.2) is 180 Å². The predicted molar refractivity (Wildman–Crippen MR) is 388 cm³/mol. The van der Waals surface area contributed by atoms with Gasteiger partial charge in [0.1, 0.15) is 53.9 Å². The molecular formula is C83H118O20Si. The van der Waals surface area contributed by atoms with Gasteiger partial charge in [0.25, 0.3) is 0 Å². The lowest BCUT2D eigenvalue weighted by Crippen LogP contribution is -2.63. The first-order chi connectivity index (χ1) is 49.6. The van der Waals surface area contributed by atoms with Crippen LogP contribution in [0.3, 0.4) is 0 Å². The van der Waals surface area contributed by atoms with Crippen molar-refractivity contribution < 1.29 is 94.6 Å². The monoisotopic (exact) mass is 1460 g/mol. The molecular weight excluding hydrogens is 1340 g/mol. The number of carbonyl (C=O) groups is 3. The molecule has 12 bridgehead atoms. The van der Waals surface area contributed by atoms with Crippen molar-refractivity contribution in [2.45, 2.75) is 343 Å². The van der Waals surface area contributed by atoms with Gasteiger partial charge < -0.3 is 80.2 Å². The van der Waals surface area contributed by atoms with E-state index in [2.05, 4.69) is 88.6 Å². The maximum Gasteiger partial charge on any atom is 0.308 e. The maximum atomic E-state index is 14.9.